The zero-order valence-electron chi connectivity index (χ0n) is 15.6. The Morgan fingerprint density at radius 2 is 1.32 bits per heavy atom. The lowest BCUT2D eigenvalue weighted by Gasteiger charge is -2.23. The van der Waals surface area contributed by atoms with Crippen molar-refractivity contribution in [1.29, 1.82) is 0 Å². The molecular formula is C22H25NO5. The quantitative estimate of drug-likeness (QED) is 0.553. The number of rotatable bonds is 11. The first-order valence-electron chi connectivity index (χ1n) is 9.26. The molecule has 0 heterocycles. The van der Waals surface area contributed by atoms with E-state index < -0.39 is 23.9 Å². The maximum Gasteiger partial charge on any atom is 0.306 e. The molecule has 0 spiro atoms. The van der Waals surface area contributed by atoms with E-state index in [4.69, 9.17) is 5.11 Å². The number of carboxylic acids is 2. The third-order valence-corrected chi connectivity index (χ3v) is 4.50. The second kappa shape index (κ2) is 10.9. The number of benzene rings is 2. The fourth-order valence-corrected chi connectivity index (χ4v) is 3.13. The molecule has 0 unspecified atom stereocenters. The Labute approximate surface area is 164 Å². The lowest BCUT2D eigenvalue weighted by Crippen LogP contribution is -2.39. The van der Waals surface area contributed by atoms with Crippen molar-refractivity contribution < 1.29 is 24.6 Å². The van der Waals surface area contributed by atoms with Crippen molar-refractivity contribution in [3.05, 3.63) is 71.8 Å². The minimum atomic E-state index is -1.04. The minimum absolute atomic E-state index is 0.128. The van der Waals surface area contributed by atoms with Gasteiger partial charge < -0.3 is 15.5 Å². The number of carbonyl (C=O) groups excluding carboxylic acids is 1. The Bertz CT molecular complexity index is 776. The van der Waals surface area contributed by atoms with Crippen LogP contribution in [-0.4, -0.2) is 34.1 Å². The van der Waals surface area contributed by atoms with E-state index in [0.717, 1.165) is 11.1 Å². The molecule has 0 saturated carbocycles. The van der Waals surface area contributed by atoms with Crippen LogP contribution in [0.25, 0.3) is 0 Å². The number of carboxylic acid groups (broad SMARTS) is 2. The Balaban J connectivity index is 2.09. The summed E-state index contributed by atoms with van der Waals surface area (Å²) in [6, 6.07) is 18.5. The van der Waals surface area contributed by atoms with E-state index in [1.54, 1.807) is 0 Å². The molecule has 2 rings (SSSR count). The van der Waals surface area contributed by atoms with Crippen LogP contribution in [0.15, 0.2) is 60.7 Å². The highest BCUT2D eigenvalue weighted by atomic mass is 16.4. The zero-order valence-corrected chi connectivity index (χ0v) is 15.6. The molecule has 2 atom stereocenters. The molecule has 0 aliphatic heterocycles. The average Bonchev–Trinajstić information content (AvgIpc) is 2.67. The summed E-state index contributed by atoms with van der Waals surface area (Å²) in [6.45, 7) is 0. The van der Waals surface area contributed by atoms with Gasteiger partial charge >= 0.3 is 11.9 Å². The van der Waals surface area contributed by atoms with Gasteiger partial charge in [-0.25, -0.2) is 0 Å². The number of aliphatic carboxylic acids is 2. The summed E-state index contributed by atoms with van der Waals surface area (Å²) in [6.07, 6.45) is 0.732. The van der Waals surface area contributed by atoms with Gasteiger partial charge in [0.05, 0.1) is 12.3 Å². The Morgan fingerprint density at radius 3 is 1.82 bits per heavy atom. The molecule has 0 aromatic heterocycles. The Morgan fingerprint density at radius 1 is 0.786 bits per heavy atom. The van der Waals surface area contributed by atoms with Crippen LogP contribution in [0.1, 0.15) is 30.4 Å². The van der Waals surface area contributed by atoms with E-state index in [1.165, 1.54) is 0 Å². The van der Waals surface area contributed by atoms with E-state index in [9.17, 15) is 19.5 Å². The molecule has 3 N–H and O–H groups in total. The third kappa shape index (κ3) is 7.61. The second-order valence-electron chi connectivity index (χ2n) is 6.81. The van der Waals surface area contributed by atoms with Gasteiger partial charge in [-0.2, -0.15) is 0 Å². The van der Waals surface area contributed by atoms with Crippen LogP contribution in [0.4, 0.5) is 0 Å². The molecule has 0 aliphatic rings. The van der Waals surface area contributed by atoms with Gasteiger partial charge in [0.1, 0.15) is 0 Å². The smallest absolute Gasteiger partial charge is 0.306 e. The molecule has 28 heavy (non-hydrogen) atoms. The molecule has 6 nitrogen and oxygen atoms in total. The lowest BCUT2D eigenvalue weighted by molar-refractivity contribution is -0.142. The predicted octanol–water partition coefficient (Wildman–Crippen LogP) is 2.91. The van der Waals surface area contributed by atoms with Crippen molar-refractivity contribution in [2.75, 3.05) is 0 Å². The standard InChI is InChI=1S/C22H25NO5/c24-20(11-12-21(25)26)23-19(14-17-9-5-2-6-10-17)15-18(22(27)28)13-16-7-3-1-4-8-16/h1-10,18-19H,11-15H2,(H,23,24)(H,25,26)(H,27,28)/t18-,19+/m0/s1. The van der Waals surface area contributed by atoms with Gasteiger partial charge in [-0.05, 0) is 30.4 Å². The molecule has 6 heteroatoms. The maximum atomic E-state index is 12.1. The molecular weight excluding hydrogens is 358 g/mol. The van der Waals surface area contributed by atoms with Crippen molar-refractivity contribution >= 4 is 17.8 Å². The second-order valence-corrected chi connectivity index (χ2v) is 6.81. The zero-order chi connectivity index (χ0) is 20.4. The summed E-state index contributed by atoms with van der Waals surface area (Å²) in [5.41, 5.74) is 1.90. The molecule has 2 aromatic carbocycles. The number of nitrogens with one attached hydrogen (secondary N) is 1. The minimum Gasteiger partial charge on any atom is -0.481 e. The molecule has 0 bridgehead atoms. The van der Waals surface area contributed by atoms with Crippen molar-refractivity contribution in [3.8, 4) is 0 Å². The van der Waals surface area contributed by atoms with Gasteiger partial charge in [0.25, 0.3) is 0 Å². The number of hydrogen-bond acceptors (Lipinski definition) is 3. The van der Waals surface area contributed by atoms with Crippen molar-refractivity contribution in [2.45, 2.75) is 38.1 Å². The fraction of sp³-hybridized carbons (Fsp3) is 0.318. The van der Waals surface area contributed by atoms with Crippen LogP contribution in [0, 0.1) is 5.92 Å². The van der Waals surface area contributed by atoms with E-state index in [-0.39, 0.29) is 25.2 Å². The summed E-state index contributed by atoms with van der Waals surface area (Å²) in [7, 11) is 0. The SMILES string of the molecule is O=C(O)CCC(=O)N[C@H](Cc1ccccc1)C[C@H](Cc1ccccc1)C(=O)O. The molecule has 1 amide bonds. The van der Waals surface area contributed by atoms with Crippen LogP contribution in [0.3, 0.4) is 0 Å². The van der Waals surface area contributed by atoms with Crippen molar-refractivity contribution in [1.82, 2.24) is 5.32 Å². The number of hydrogen-bond donors (Lipinski definition) is 3. The third-order valence-electron chi connectivity index (χ3n) is 4.50. The van der Waals surface area contributed by atoms with Gasteiger partial charge in [0, 0.05) is 12.5 Å². The van der Waals surface area contributed by atoms with Gasteiger partial charge in [-0.15, -0.1) is 0 Å². The first-order chi connectivity index (χ1) is 13.4. The van der Waals surface area contributed by atoms with E-state index >= 15 is 0 Å². The first kappa shape index (κ1) is 21.2. The summed E-state index contributed by atoms with van der Waals surface area (Å²) in [5, 5.41) is 21.3. The molecule has 0 radical (unpaired) electrons. The van der Waals surface area contributed by atoms with Gasteiger partial charge in [-0.1, -0.05) is 60.7 Å². The molecule has 0 aliphatic carbocycles. The average molecular weight is 383 g/mol. The number of carbonyl (C=O) groups is 3. The van der Waals surface area contributed by atoms with E-state index in [2.05, 4.69) is 5.32 Å². The van der Waals surface area contributed by atoms with Crippen LogP contribution in [-0.2, 0) is 27.2 Å². The summed E-state index contributed by atoms with van der Waals surface area (Å²) < 4.78 is 0. The number of amides is 1. The molecule has 0 fully saturated rings. The van der Waals surface area contributed by atoms with Crippen molar-refractivity contribution in [2.24, 2.45) is 5.92 Å². The molecule has 0 saturated heterocycles. The summed E-state index contributed by atoms with van der Waals surface area (Å²) >= 11 is 0. The highest BCUT2D eigenvalue weighted by Crippen LogP contribution is 2.18. The van der Waals surface area contributed by atoms with E-state index in [1.807, 2.05) is 60.7 Å². The van der Waals surface area contributed by atoms with Crippen LogP contribution in [0.5, 0.6) is 0 Å². The topological polar surface area (TPSA) is 104 Å². The molecule has 2 aromatic rings. The van der Waals surface area contributed by atoms with Crippen LogP contribution >= 0.6 is 0 Å². The van der Waals surface area contributed by atoms with Gasteiger partial charge in [0.15, 0.2) is 0 Å². The first-order valence-corrected chi connectivity index (χ1v) is 9.26. The Hall–Kier alpha value is -3.15. The van der Waals surface area contributed by atoms with Gasteiger partial charge in [0.2, 0.25) is 5.91 Å². The molecule has 148 valence electrons. The summed E-state index contributed by atoms with van der Waals surface area (Å²) in [4.78, 5) is 34.6. The highest BCUT2D eigenvalue weighted by molar-refractivity contribution is 5.81. The Kier molecular flexibility index (Phi) is 8.21. The van der Waals surface area contributed by atoms with Crippen LogP contribution in [0.2, 0.25) is 0 Å². The summed E-state index contributed by atoms with van der Waals surface area (Å²) in [5.74, 6) is -2.99. The lowest BCUT2D eigenvalue weighted by atomic mass is 9.90. The van der Waals surface area contributed by atoms with Gasteiger partial charge in [-0.3, -0.25) is 14.4 Å². The highest BCUT2D eigenvalue weighted by Gasteiger charge is 2.24. The maximum absolute atomic E-state index is 12.1. The fourth-order valence-electron chi connectivity index (χ4n) is 3.13. The normalized spacial score (nSPS) is 12.7. The van der Waals surface area contributed by atoms with Crippen molar-refractivity contribution in [3.63, 3.8) is 0 Å². The predicted molar refractivity (Wildman–Crippen MR) is 105 cm³/mol. The van der Waals surface area contributed by atoms with Crippen LogP contribution < -0.4 is 5.32 Å². The monoisotopic (exact) mass is 383 g/mol. The largest absolute Gasteiger partial charge is 0.481 e. The van der Waals surface area contributed by atoms with E-state index in [0.29, 0.717) is 12.8 Å².